The molecule has 2 aromatic heterocycles. The smallest absolute Gasteiger partial charge is 0.340 e. The van der Waals surface area contributed by atoms with E-state index in [2.05, 4.69) is 35.4 Å². The number of rotatable bonds is 6. The second-order valence-corrected chi connectivity index (χ2v) is 8.68. The average molecular weight is 616 g/mol. The van der Waals surface area contributed by atoms with Crippen LogP contribution < -0.4 is 15.2 Å². The topological polar surface area (TPSA) is 123 Å². The van der Waals surface area contributed by atoms with Crippen LogP contribution in [0.1, 0.15) is 20.7 Å². The molecule has 40 heavy (non-hydrogen) atoms. The Hall–Kier alpha value is -4.58. The third kappa shape index (κ3) is 6.89. The highest BCUT2D eigenvalue weighted by Crippen LogP contribution is 2.34. The highest BCUT2D eigenvalue weighted by atomic mass is 79.9. The molecule has 0 aliphatic carbocycles. The lowest BCUT2D eigenvalue weighted by atomic mass is 10.0. The summed E-state index contributed by atoms with van der Waals surface area (Å²) in [6.07, 6.45) is 3.06. The third-order valence-electron chi connectivity index (χ3n) is 5.50. The summed E-state index contributed by atoms with van der Waals surface area (Å²) in [5.74, 6) is -1.64. The molecule has 2 N–H and O–H groups in total. The molecule has 4 aromatic rings. The van der Waals surface area contributed by atoms with Crippen molar-refractivity contribution in [3.8, 4) is 34.0 Å². The van der Waals surface area contributed by atoms with E-state index < -0.39 is 23.6 Å². The molecule has 208 valence electrons. The van der Waals surface area contributed by atoms with Crippen molar-refractivity contribution in [3.05, 3.63) is 88.2 Å². The number of hydrogen-bond acceptors (Lipinski definition) is 9. The first-order valence-corrected chi connectivity index (χ1v) is 12.2. The van der Waals surface area contributed by atoms with Gasteiger partial charge in [-0.15, -0.1) is 0 Å². The molecule has 0 radical (unpaired) electrons. The van der Waals surface area contributed by atoms with Crippen LogP contribution in [0.2, 0.25) is 0 Å². The molecule has 0 saturated carbocycles. The molecule has 9 nitrogen and oxygen atoms in total. The summed E-state index contributed by atoms with van der Waals surface area (Å²) in [6, 6.07) is 11.3. The molecule has 0 aliphatic heterocycles. The molecule has 2 aromatic carbocycles. The fourth-order valence-corrected chi connectivity index (χ4v) is 4.19. The van der Waals surface area contributed by atoms with Crippen LogP contribution in [0.4, 0.5) is 14.5 Å². The van der Waals surface area contributed by atoms with Crippen molar-refractivity contribution in [2.75, 3.05) is 34.2 Å². The van der Waals surface area contributed by atoms with Crippen molar-refractivity contribution in [2.24, 2.45) is 0 Å². The Balaban J connectivity index is 0.000000220. The fraction of sp³-hybridized carbons (Fsp3) is 0.143. The van der Waals surface area contributed by atoms with E-state index in [1.165, 1.54) is 46.8 Å². The number of ether oxygens (including phenoxy) is 4. The first-order valence-electron chi connectivity index (χ1n) is 11.4. The van der Waals surface area contributed by atoms with Gasteiger partial charge in [0, 0.05) is 34.6 Å². The van der Waals surface area contributed by atoms with Gasteiger partial charge in [0.2, 0.25) is 11.8 Å². The Morgan fingerprint density at radius 1 is 0.725 bits per heavy atom. The molecule has 0 unspecified atom stereocenters. The second kappa shape index (κ2) is 13.5. The van der Waals surface area contributed by atoms with Crippen molar-refractivity contribution in [1.29, 1.82) is 0 Å². The van der Waals surface area contributed by atoms with Crippen molar-refractivity contribution in [2.45, 2.75) is 0 Å². The van der Waals surface area contributed by atoms with Gasteiger partial charge < -0.3 is 24.7 Å². The van der Waals surface area contributed by atoms with Crippen LogP contribution in [0.25, 0.3) is 22.3 Å². The maximum Gasteiger partial charge on any atom is 0.340 e. The number of aromatic nitrogens is 2. The Morgan fingerprint density at radius 3 is 1.68 bits per heavy atom. The summed E-state index contributed by atoms with van der Waals surface area (Å²) < 4.78 is 47.1. The highest BCUT2D eigenvalue weighted by Gasteiger charge is 2.18. The van der Waals surface area contributed by atoms with Gasteiger partial charge in [0.25, 0.3) is 0 Å². The molecular weight excluding hydrogens is 592 g/mol. The number of benzene rings is 2. The molecule has 4 rings (SSSR count). The van der Waals surface area contributed by atoms with Gasteiger partial charge >= 0.3 is 11.9 Å². The second-order valence-electron chi connectivity index (χ2n) is 7.89. The van der Waals surface area contributed by atoms with Crippen LogP contribution in [0.5, 0.6) is 11.8 Å². The maximum atomic E-state index is 13.7. The Labute approximate surface area is 237 Å². The van der Waals surface area contributed by atoms with Gasteiger partial charge in [-0.2, -0.15) is 0 Å². The largest absolute Gasteiger partial charge is 0.481 e. The Kier molecular flexibility index (Phi) is 10.1. The van der Waals surface area contributed by atoms with Gasteiger partial charge in [-0.25, -0.2) is 28.3 Å². The summed E-state index contributed by atoms with van der Waals surface area (Å²) in [4.78, 5) is 31.2. The molecule has 2 heterocycles. The lowest BCUT2D eigenvalue weighted by molar-refractivity contribution is 0.0591. The van der Waals surface area contributed by atoms with Gasteiger partial charge in [-0.05, 0) is 69.0 Å². The van der Waals surface area contributed by atoms with Crippen LogP contribution in [0, 0.1) is 11.6 Å². The molecule has 0 fully saturated rings. The van der Waals surface area contributed by atoms with Crippen molar-refractivity contribution in [3.63, 3.8) is 0 Å². The standard InChI is InChI=1S/C14H11BrFNO3.C14H13FN2O3/c1-19-12-5-8(3-4-17-12)10-6-9(16)7-11(13(10)15)14(18)20-2;1-19-12-5-8(3-4-17-12)10-6-9(15)7-11(13(10)16)14(18)20-2/h3-7H,1-2H3;3-7H,16H2,1-2H3. The van der Waals surface area contributed by atoms with E-state index in [0.717, 1.165) is 12.1 Å². The van der Waals surface area contributed by atoms with Crippen molar-refractivity contribution >= 4 is 33.6 Å². The number of carbonyl (C=O) groups is 2. The fourth-order valence-electron chi connectivity index (χ4n) is 3.57. The molecule has 0 atom stereocenters. The lowest BCUT2D eigenvalue weighted by Gasteiger charge is -2.11. The number of carbonyl (C=O) groups excluding carboxylic acids is 2. The minimum absolute atomic E-state index is 0.0155. The van der Waals surface area contributed by atoms with E-state index in [0.29, 0.717) is 38.5 Å². The number of hydrogen-bond donors (Lipinski definition) is 1. The first kappa shape index (κ1) is 30.0. The van der Waals surface area contributed by atoms with E-state index in [4.69, 9.17) is 15.2 Å². The van der Waals surface area contributed by atoms with Crippen LogP contribution >= 0.6 is 15.9 Å². The SMILES string of the molecule is COC(=O)c1cc(F)cc(-c2ccnc(OC)c2)c1Br.COC(=O)c1cc(F)cc(-c2ccnc(OC)c2)c1N. The Morgan fingerprint density at radius 2 is 1.18 bits per heavy atom. The average Bonchev–Trinajstić information content (AvgIpc) is 2.98. The van der Waals surface area contributed by atoms with Crippen molar-refractivity contribution in [1.82, 2.24) is 9.97 Å². The summed E-state index contributed by atoms with van der Waals surface area (Å²) in [6.45, 7) is 0. The number of esters is 2. The van der Waals surface area contributed by atoms with Gasteiger partial charge in [-0.1, -0.05) is 0 Å². The predicted molar refractivity (Wildman–Crippen MR) is 147 cm³/mol. The number of pyridine rings is 2. The highest BCUT2D eigenvalue weighted by molar-refractivity contribution is 9.10. The van der Waals surface area contributed by atoms with Crippen LogP contribution in [-0.2, 0) is 9.47 Å². The van der Waals surface area contributed by atoms with Crippen molar-refractivity contribution < 1.29 is 37.3 Å². The minimum Gasteiger partial charge on any atom is -0.481 e. The van der Waals surface area contributed by atoms with Crippen LogP contribution in [-0.4, -0.2) is 50.3 Å². The van der Waals surface area contributed by atoms with Gasteiger partial charge in [-0.3, -0.25) is 0 Å². The lowest BCUT2D eigenvalue weighted by Crippen LogP contribution is -2.07. The van der Waals surface area contributed by atoms with E-state index in [1.807, 2.05) is 0 Å². The molecule has 0 aliphatic rings. The molecule has 0 amide bonds. The number of nitrogen functional groups attached to an aromatic ring is 1. The predicted octanol–water partition coefficient (Wildman–Crippen LogP) is 5.71. The summed E-state index contributed by atoms with van der Waals surface area (Å²) in [7, 11) is 5.42. The molecular formula is C28H24BrF2N3O6. The normalized spacial score (nSPS) is 10.2. The molecule has 0 saturated heterocycles. The summed E-state index contributed by atoms with van der Waals surface area (Å²) in [5.41, 5.74) is 8.35. The molecule has 0 bridgehead atoms. The van der Waals surface area contributed by atoms with Gasteiger partial charge in [0.05, 0.1) is 45.3 Å². The Bertz CT molecular complexity index is 1440. The monoisotopic (exact) mass is 615 g/mol. The number of anilines is 1. The zero-order chi connectivity index (χ0) is 29.4. The minimum atomic E-state index is -0.690. The summed E-state index contributed by atoms with van der Waals surface area (Å²) in [5, 5.41) is 0. The number of nitrogens with zero attached hydrogens (tertiary/aromatic N) is 2. The maximum absolute atomic E-state index is 13.7. The van der Waals surface area contributed by atoms with Crippen LogP contribution in [0.3, 0.4) is 0 Å². The quantitative estimate of drug-likeness (QED) is 0.214. The van der Waals surface area contributed by atoms with Gasteiger partial charge in [0.15, 0.2) is 0 Å². The van der Waals surface area contributed by atoms with E-state index >= 15 is 0 Å². The van der Waals surface area contributed by atoms with Gasteiger partial charge in [0.1, 0.15) is 11.6 Å². The van der Waals surface area contributed by atoms with E-state index in [9.17, 15) is 18.4 Å². The number of methoxy groups -OCH3 is 4. The molecule has 12 heteroatoms. The van der Waals surface area contributed by atoms with Crippen LogP contribution in [0.15, 0.2) is 65.4 Å². The number of halogens is 3. The van der Waals surface area contributed by atoms with E-state index in [-0.39, 0.29) is 16.8 Å². The zero-order valence-electron chi connectivity index (χ0n) is 21.8. The number of nitrogens with two attached hydrogens (primary N) is 1. The van der Waals surface area contributed by atoms with E-state index in [1.54, 1.807) is 30.5 Å². The zero-order valence-corrected chi connectivity index (χ0v) is 23.4. The third-order valence-corrected chi connectivity index (χ3v) is 6.36. The summed E-state index contributed by atoms with van der Waals surface area (Å²) >= 11 is 3.31. The molecule has 0 spiro atoms. The first-order chi connectivity index (χ1) is 19.1.